The molecule has 0 saturated heterocycles. The van der Waals surface area contributed by atoms with Crippen LogP contribution in [-0.2, 0) is 22.2 Å². The quantitative estimate of drug-likeness (QED) is 0.812. The molecule has 0 radical (unpaired) electrons. The van der Waals surface area contributed by atoms with Crippen molar-refractivity contribution in [2.75, 3.05) is 0 Å². The second-order valence-electron chi connectivity index (χ2n) is 7.87. The Hall–Kier alpha value is -1.56. The van der Waals surface area contributed by atoms with Gasteiger partial charge in [-0.05, 0) is 44.2 Å². The predicted octanol–water partition coefficient (Wildman–Crippen LogP) is 4.00. The standard InChI is InChI=1S/C18H26FNO3S/c1-17(2,3)14(16(21)22)10-12-8-7-9-15(19)13(12)11-20-24(23)18(4,5)6/h7-9,11,14H,10H2,1-6H3,(H,21,22)/b20-11+/t14?,24-/m1/s1. The molecule has 1 aromatic rings. The van der Waals surface area contributed by atoms with E-state index in [0.29, 0.717) is 5.56 Å². The molecule has 1 rings (SSSR count). The summed E-state index contributed by atoms with van der Waals surface area (Å²) >= 11 is 0. The van der Waals surface area contributed by atoms with Crippen molar-refractivity contribution in [3.05, 3.63) is 35.1 Å². The molecule has 0 aliphatic heterocycles. The third kappa shape index (κ3) is 5.51. The van der Waals surface area contributed by atoms with Gasteiger partial charge in [0.2, 0.25) is 0 Å². The molecule has 0 spiro atoms. The van der Waals surface area contributed by atoms with Crippen LogP contribution in [0.4, 0.5) is 4.39 Å². The van der Waals surface area contributed by atoms with Gasteiger partial charge < -0.3 is 5.11 Å². The molecule has 0 aromatic heterocycles. The minimum Gasteiger partial charge on any atom is -0.481 e. The van der Waals surface area contributed by atoms with E-state index in [1.165, 1.54) is 12.3 Å². The van der Waals surface area contributed by atoms with Crippen LogP contribution in [0.15, 0.2) is 22.6 Å². The van der Waals surface area contributed by atoms with Crippen LogP contribution < -0.4 is 0 Å². The van der Waals surface area contributed by atoms with Gasteiger partial charge in [-0.1, -0.05) is 32.9 Å². The molecule has 6 heteroatoms. The highest BCUT2D eigenvalue weighted by atomic mass is 32.2. The Morgan fingerprint density at radius 1 is 1.29 bits per heavy atom. The van der Waals surface area contributed by atoms with Crippen molar-refractivity contribution in [2.24, 2.45) is 15.7 Å². The van der Waals surface area contributed by atoms with E-state index in [2.05, 4.69) is 4.40 Å². The van der Waals surface area contributed by atoms with Gasteiger partial charge in [-0.3, -0.25) is 4.79 Å². The summed E-state index contributed by atoms with van der Waals surface area (Å²) < 4.78 is 29.7. The molecule has 134 valence electrons. The van der Waals surface area contributed by atoms with E-state index in [-0.39, 0.29) is 12.0 Å². The molecule has 0 fully saturated rings. The number of rotatable bonds is 5. The summed E-state index contributed by atoms with van der Waals surface area (Å²) in [5, 5.41) is 9.48. The van der Waals surface area contributed by atoms with Crippen molar-refractivity contribution < 1.29 is 18.5 Å². The number of aliphatic carboxylic acids is 1. The fraction of sp³-hybridized carbons (Fsp3) is 0.556. The Labute approximate surface area is 145 Å². The lowest BCUT2D eigenvalue weighted by molar-refractivity contribution is -0.145. The van der Waals surface area contributed by atoms with Gasteiger partial charge in [0.1, 0.15) is 16.8 Å². The maximum Gasteiger partial charge on any atom is 0.307 e. The highest BCUT2D eigenvalue weighted by molar-refractivity contribution is 7.85. The van der Waals surface area contributed by atoms with Crippen molar-refractivity contribution in [3.8, 4) is 0 Å². The average Bonchev–Trinajstić information content (AvgIpc) is 2.40. The van der Waals surface area contributed by atoms with E-state index in [9.17, 15) is 18.5 Å². The van der Waals surface area contributed by atoms with Crippen LogP contribution in [0.2, 0.25) is 0 Å². The van der Waals surface area contributed by atoms with E-state index in [1.54, 1.807) is 32.9 Å². The van der Waals surface area contributed by atoms with Crippen LogP contribution in [-0.4, -0.2) is 26.2 Å². The first-order chi connectivity index (χ1) is 10.8. The lowest BCUT2D eigenvalue weighted by atomic mass is 9.76. The molecule has 0 amide bonds. The van der Waals surface area contributed by atoms with Crippen molar-refractivity contribution in [1.82, 2.24) is 0 Å². The van der Waals surface area contributed by atoms with Crippen molar-refractivity contribution in [1.29, 1.82) is 0 Å². The van der Waals surface area contributed by atoms with E-state index >= 15 is 0 Å². The smallest absolute Gasteiger partial charge is 0.307 e. The number of carbonyl (C=O) groups is 1. The lowest BCUT2D eigenvalue weighted by Crippen LogP contribution is -2.30. The van der Waals surface area contributed by atoms with E-state index in [4.69, 9.17) is 0 Å². The fourth-order valence-electron chi connectivity index (χ4n) is 2.15. The normalized spacial score (nSPS) is 15.5. The molecule has 1 aromatic carbocycles. The largest absolute Gasteiger partial charge is 0.481 e. The molecular formula is C18H26FNO3S. The zero-order chi connectivity index (χ0) is 18.7. The van der Waals surface area contributed by atoms with Crippen molar-refractivity contribution >= 4 is 23.2 Å². The summed E-state index contributed by atoms with van der Waals surface area (Å²) in [5.41, 5.74) is 0.276. The minimum atomic E-state index is -1.51. The topological polar surface area (TPSA) is 66.7 Å². The predicted molar refractivity (Wildman–Crippen MR) is 96.2 cm³/mol. The van der Waals surface area contributed by atoms with Gasteiger partial charge in [0.25, 0.3) is 0 Å². The summed E-state index contributed by atoms with van der Waals surface area (Å²) in [4.78, 5) is 11.6. The number of carboxylic acid groups (broad SMARTS) is 1. The molecule has 0 aliphatic carbocycles. The summed E-state index contributed by atoms with van der Waals surface area (Å²) in [6.45, 7) is 10.9. The number of hydrogen-bond donors (Lipinski definition) is 1. The zero-order valence-electron chi connectivity index (χ0n) is 15.1. The highest BCUT2D eigenvalue weighted by Crippen LogP contribution is 2.30. The Balaban J connectivity index is 3.23. The zero-order valence-corrected chi connectivity index (χ0v) is 15.9. The summed E-state index contributed by atoms with van der Waals surface area (Å²) in [7, 11) is -1.51. The van der Waals surface area contributed by atoms with Gasteiger partial charge in [0.05, 0.1) is 10.7 Å². The molecule has 0 aliphatic rings. The van der Waals surface area contributed by atoms with Gasteiger partial charge in [-0.2, -0.15) is 4.40 Å². The van der Waals surface area contributed by atoms with Crippen LogP contribution in [0.25, 0.3) is 0 Å². The minimum absolute atomic E-state index is 0.181. The van der Waals surface area contributed by atoms with Gasteiger partial charge in [0, 0.05) is 11.8 Å². The lowest BCUT2D eigenvalue weighted by Gasteiger charge is -2.27. The van der Waals surface area contributed by atoms with Gasteiger partial charge in [0.15, 0.2) is 0 Å². The van der Waals surface area contributed by atoms with Gasteiger partial charge >= 0.3 is 5.97 Å². The maximum absolute atomic E-state index is 14.2. The number of hydrogen-bond acceptors (Lipinski definition) is 2. The second kappa shape index (κ2) is 7.55. The van der Waals surface area contributed by atoms with Crippen LogP contribution in [0, 0.1) is 17.2 Å². The molecule has 4 nitrogen and oxygen atoms in total. The first kappa shape index (κ1) is 20.5. The highest BCUT2D eigenvalue weighted by Gasteiger charge is 2.32. The maximum atomic E-state index is 14.2. The summed E-state index contributed by atoms with van der Waals surface area (Å²) in [6.07, 6.45) is 1.44. The monoisotopic (exact) mass is 355 g/mol. The van der Waals surface area contributed by atoms with Crippen LogP contribution in [0.3, 0.4) is 0 Å². The molecular weight excluding hydrogens is 329 g/mol. The molecule has 0 saturated carbocycles. The van der Waals surface area contributed by atoms with Gasteiger partial charge in [-0.15, -0.1) is 0 Å². The molecule has 1 N–H and O–H groups in total. The van der Waals surface area contributed by atoms with Crippen LogP contribution in [0.1, 0.15) is 52.7 Å². The Morgan fingerprint density at radius 2 is 1.88 bits per heavy atom. The third-order valence-corrected chi connectivity index (χ3v) is 5.06. The molecule has 24 heavy (non-hydrogen) atoms. The first-order valence-electron chi connectivity index (χ1n) is 7.80. The second-order valence-corrected chi connectivity index (χ2v) is 9.80. The molecule has 2 atom stereocenters. The number of nitrogens with zero attached hydrogens (tertiary/aromatic N) is 1. The SMILES string of the molecule is CC(C)(C)C(Cc1cccc(F)c1/C=N/[S@](=O)C(C)(C)C)C(=O)O. The first-order valence-corrected chi connectivity index (χ1v) is 8.91. The Kier molecular flexibility index (Phi) is 6.45. The van der Waals surface area contributed by atoms with E-state index in [0.717, 1.165) is 0 Å². The molecule has 1 unspecified atom stereocenters. The third-order valence-electron chi connectivity index (χ3n) is 3.71. The molecule has 0 bridgehead atoms. The Bertz CT molecular complexity index is 657. The number of carboxylic acids is 1. The summed E-state index contributed by atoms with van der Waals surface area (Å²) in [5.74, 6) is -2.09. The van der Waals surface area contributed by atoms with Crippen molar-refractivity contribution in [3.63, 3.8) is 0 Å². The van der Waals surface area contributed by atoms with E-state index in [1.807, 2.05) is 20.8 Å². The average molecular weight is 355 g/mol. The molecule has 0 heterocycles. The number of benzene rings is 1. The Morgan fingerprint density at radius 3 is 2.33 bits per heavy atom. The number of halogens is 1. The van der Waals surface area contributed by atoms with E-state index < -0.39 is 38.9 Å². The van der Waals surface area contributed by atoms with Crippen LogP contribution >= 0.6 is 0 Å². The van der Waals surface area contributed by atoms with Gasteiger partial charge in [-0.25, -0.2) is 8.60 Å². The fourth-order valence-corrected chi connectivity index (χ4v) is 2.66. The van der Waals surface area contributed by atoms with Crippen LogP contribution in [0.5, 0.6) is 0 Å². The summed E-state index contributed by atoms with van der Waals surface area (Å²) in [6, 6.07) is 4.52. The van der Waals surface area contributed by atoms with Crippen molar-refractivity contribution in [2.45, 2.75) is 52.7 Å².